The number of carbonyl (C=O) groups excluding carboxylic acids is 4. The molecule has 2 aliphatic carbocycles. The third-order valence-corrected chi connectivity index (χ3v) is 9.72. The predicted molar refractivity (Wildman–Crippen MR) is 154 cm³/mol. The lowest BCUT2D eigenvalue weighted by molar-refractivity contribution is -0.139. The van der Waals surface area contributed by atoms with E-state index in [4.69, 9.17) is 0 Å². The summed E-state index contributed by atoms with van der Waals surface area (Å²) in [6.45, 7) is 4.55. The third-order valence-electron chi connectivity index (χ3n) is 9.72. The summed E-state index contributed by atoms with van der Waals surface area (Å²) in [5, 5.41) is 12.1. The van der Waals surface area contributed by atoms with Gasteiger partial charge in [-0.05, 0) is 78.0 Å². The molecule has 0 aromatic carbocycles. The molecule has 4 N–H and O–H groups in total. The van der Waals surface area contributed by atoms with Crippen LogP contribution >= 0.6 is 0 Å². The lowest BCUT2D eigenvalue weighted by atomic mass is 9.83. The number of carbonyl (C=O) groups is 4. The van der Waals surface area contributed by atoms with E-state index < -0.39 is 12.1 Å². The van der Waals surface area contributed by atoms with Crippen LogP contribution in [0.2, 0.25) is 0 Å². The van der Waals surface area contributed by atoms with Crippen molar-refractivity contribution >= 4 is 23.6 Å². The van der Waals surface area contributed by atoms with E-state index in [1.807, 2.05) is 15.9 Å². The Hall–Kier alpha value is -2.46. The van der Waals surface area contributed by atoms with Gasteiger partial charge in [0.2, 0.25) is 23.6 Å². The number of nitrogens with one attached hydrogen (secondary N) is 4. The van der Waals surface area contributed by atoms with E-state index in [2.05, 4.69) is 21.3 Å². The summed E-state index contributed by atoms with van der Waals surface area (Å²) < 4.78 is 0. The van der Waals surface area contributed by atoms with Crippen LogP contribution in [0.15, 0.2) is 11.8 Å². The lowest BCUT2D eigenvalue weighted by Gasteiger charge is -2.35. The Morgan fingerprint density at radius 2 is 1.20 bits per heavy atom. The minimum Gasteiger partial charge on any atom is -0.343 e. The van der Waals surface area contributed by atoms with Gasteiger partial charge in [-0.3, -0.25) is 19.2 Å². The van der Waals surface area contributed by atoms with Gasteiger partial charge in [-0.1, -0.05) is 38.5 Å². The minimum absolute atomic E-state index is 0.0471. The Kier molecular flexibility index (Phi) is 10.6. The summed E-state index contributed by atoms with van der Waals surface area (Å²) in [4.78, 5) is 57.4. The van der Waals surface area contributed by atoms with Crippen LogP contribution in [0.25, 0.3) is 0 Å². The first-order valence-corrected chi connectivity index (χ1v) is 15.5. The summed E-state index contributed by atoms with van der Waals surface area (Å²) in [5.74, 6) is -0.198. The predicted octanol–water partition coefficient (Wildman–Crippen LogP) is 1.66. The van der Waals surface area contributed by atoms with Gasteiger partial charge in [-0.25, -0.2) is 0 Å². The first kappa shape index (κ1) is 30.5. The first-order valence-electron chi connectivity index (χ1n) is 15.5. The van der Waals surface area contributed by atoms with Crippen LogP contribution in [-0.2, 0) is 19.2 Å². The third kappa shape index (κ3) is 6.70. The molecule has 5 atom stereocenters. The Labute approximate surface area is 239 Å². The van der Waals surface area contributed by atoms with E-state index in [0.29, 0.717) is 19.5 Å². The monoisotopic (exact) mass is 558 g/mol. The molecular weight excluding hydrogens is 508 g/mol. The number of hydrogen-bond acceptors (Lipinski definition) is 6. The molecule has 0 aromatic rings. The van der Waals surface area contributed by atoms with Crippen molar-refractivity contribution < 1.29 is 19.2 Å². The molecule has 2 heterocycles. The van der Waals surface area contributed by atoms with Crippen molar-refractivity contribution in [1.82, 2.24) is 31.1 Å². The summed E-state index contributed by atoms with van der Waals surface area (Å²) in [6, 6.07) is -2.08. The fraction of sp³-hybridized carbons (Fsp3) is 0.800. The molecule has 0 radical (unpaired) electrons. The largest absolute Gasteiger partial charge is 0.343 e. The molecule has 0 bridgehead atoms. The molecule has 0 aromatic heterocycles. The van der Waals surface area contributed by atoms with Gasteiger partial charge in [0, 0.05) is 18.8 Å². The highest BCUT2D eigenvalue weighted by Crippen LogP contribution is 2.36. The van der Waals surface area contributed by atoms with Gasteiger partial charge >= 0.3 is 0 Å². The maximum Gasteiger partial charge on any atom is 0.249 e. The molecule has 4 amide bonds. The van der Waals surface area contributed by atoms with Gasteiger partial charge in [0.15, 0.2) is 0 Å². The molecule has 224 valence electrons. The zero-order valence-electron chi connectivity index (χ0n) is 24.8. The van der Waals surface area contributed by atoms with Crippen LogP contribution in [0, 0.1) is 11.8 Å². The fourth-order valence-electron chi connectivity index (χ4n) is 6.93. The summed E-state index contributed by atoms with van der Waals surface area (Å²) in [7, 11) is 3.48. The van der Waals surface area contributed by atoms with Crippen LogP contribution in [0.5, 0.6) is 0 Å². The van der Waals surface area contributed by atoms with Gasteiger partial charge in [0.25, 0.3) is 0 Å². The quantitative estimate of drug-likeness (QED) is 0.324. The molecule has 2 saturated carbocycles. The van der Waals surface area contributed by atoms with Crippen molar-refractivity contribution in [2.24, 2.45) is 11.8 Å². The Morgan fingerprint density at radius 3 is 1.68 bits per heavy atom. The van der Waals surface area contributed by atoms with Gasteiger partial charge in [-0.15, -0.1) is 0 Å². The standard InChI is InChI=1S/C30H50N6O4/c1-19(31-3)27(37)33-25(21-11-7-5-8-12-21)29(39)35-17-15-24-23(35)16-18-36(24)30(40)26(22-13-9-6-10-14-22)34-28(38)20(2)32-4/h15,19-23,25-26,31-32H,5-14,16-18H2,1-4H3,(H,33,37)(H,34,38). The molecule has 0 spiro atoms. The molecular formula is C30H50N6O4. The highest BCUT2D eigenvalue weighted by atomic mass is 16.2. The van der Waals surface area contributed by atoms with Gasteiger partial charge in [0.1, 0.15) is 12.1 Å². The highest BCUT2D eigenvalue weighted by Gasteiger charge is 2.46. The van der Waals surface area contributed by atoms with Gasteiger partial charge in [-0.2, -0.15) is 0 Å². The van der Waals surface area contributed by atoms with Crippen molar-refractivity contribution in [3.05, 3.63) is 11.8 Å². The number of fused-ring (bicyclic) bond motifs is 1. The van der Waals surface area contributed by atoms with Crippen LogP contribution in [-0.4, -0.2) is 90.8 Å². The van der Waals surface area contributed by atoms with Gasteiger partial charge < -0.3 is 31.1 Å². The molecule has 1 saturated heterocycles. The highest BCUT2D eigenvalue weighted by molar-refractivity contribution is 5.92. The summed E-state index contributed by atoms with van der Waals surface area (Å²) >= 11 is 0. The number of likely N-dealkylation sites (N-methyl/N-ethyl adjacent to an activating group) is 2. The molecule has 10 nitrogen and oxygen atoms in total. The molecule has 3 fully saturated rings. The molecule has 2 aliphatic heterocycles. The summed E-state index contributed by atoms with van der Waals surface area (Å²) in [6.07, 6.45) is 13.0. The van der Waals surface area contributed by atoms with E-state index in [1.54, 1.807) is 27.9 Å². The first-order chi connectivity index (χ1) is 19.3. The Morgan fingerprint density at radius 1 is 0.725 bits per heavy atom. The van der Waals surface area contributed by atoms with E-state index in [9.17, 15) is 19.2 Å². The van der Waals surface area contributed by atoms with Crippen molar-refractivity contribution in [2.75, 3.05) is 27.2 Å². The number of hydrogen-bond donors (Lipinski definition) is 4. The van der Waals surface area contributed by atoms with Crippen LogP contribution in [0.3, 0.4) is 0 Å². The van der Waals surface area contributed by atoms with Crippen molar-refractivity contribution in [3.8, 4) is 0 Å². The zero-order chi connectivity index (χ0) is 28.8. The summed E-state index contributed by atoms with van der Waals surface area (Å²) in [5.41, 5.74) is 0.868. The average molecular weight is 559 g/mol. The van der Waals surface area contributed by atoms with E-state index in [1.165, 1.54) is 6.42 Å². The van der Waals surface area contributed by atoms with Crippen molar-refractivity contribution in [2.45, 2.75) is 115 Å². The van der Waals surface area contributed by atoms with Crippen LogP contribution in [0.4, 0.5) is 0 Å². The smallest absolute Gasteiger partial charge is 0.249 e. The normalized spacial score (nSPS) is 25.0. The molecule has 4 rings (SSSR count). The molecule has 5 unspecified atom stereocenters. The average Bonchev–Trinajstić information content (AvgIpc) is 3.60. The van der Waals surface area contributed by atoms with Gasteiger partial charge in [0.05, 0.1) is 18.1 Å². The van der Waals surface area contributed by atoms with E-state index in [-0.39, 0.29) is 53.6 Å². The Bertz CT molecular complexity index is 958. The maximum atomic E-state index is 14.0. The minimum atomic E-state index is -0.565. The number of amides is 4. The van der Waals surface area contributed by atoms with Crippen molar-refractivity contribution in [1.29, 1.82) is 0 Å². The second-order valence-electron chi connectivity index (χ2n) is 12.2. The van der Waals surface area contributed by atoms with E-state index in [0.717, 1.165) is 63.5 Å². The maximum absolute atomic E-state index is 14.0. The second kappa shape index (κ2) is 13.9. The van der Waals surface area contributed by atoms with Crippen LogP contribution in [0.1, 0.15) is 84.5 Å². The van der Waals surface area contributed by atoms with Crippen LogP contribution < -0.4 is 21.3 Å². The van der Waals surface area contributed by atoms with Crippen molar-refractivity contribution in [3.63, 3.8) is 0 Å². The van der Waals surface area contributed by atoms with E-state index >= 15 is 0 Å². The molecule has 4 aliphatic rings. The SMILES string of the molecule is CNC(C)C(=O)NC(C(=O)N1CCC2C1=CCN2C(=O)C(NC(=O)C(C)NC)C1CCCCC1)C1CCCCC1. The number of rotatable bonds is 10. The second-order valence-corrected chi connectivity index (χ2v) is 12.2. The number of likely N-dealkylation sites (tertiary alicyclic amines) is 1. The topological polar surface area (TPSA) is 123 Å². The molecule has 40 heavy (non-hydrogen) atoms. The molecule has 10 heteroatoms. The Balaban J connectivity index is 1.49. The zero-order valence-corrected chi connectivity index (χ0v) is 24.8. The fourth-order valence-corrected chi connectivity index (χ4v) is 6.93. The number of nitrogens with zero attached hydrogens (tertiary/aromatic N) is 2. The lowest BCUT2D eigenvalue weighted by Crippen LogP contribution is -2.57.